The van der Waals surface area contributed by atoms with Gasteiger partial charge in [0.1, 0.15) is 18.1 Å². The van der Waals surface area contributed by atoms with Crippen LogP contribution in [0.15, 0.2) is 78.9 Å². The van der Waals surface area contributed by atoms with Crippen LogP contribution in [0.3, 0.4) is 0 Å². The minimum atomic E-state index is -0.686. The Balaban J connectivity index is 0.00000289. The molecule has 0 bridgehead atoms. The summed E-state index contributed by atoms with van der Waals surface area (Å²) >= 11 is 0. The molecule has 0 saturated heterocycles. The maximum absolute atomic E-state index is 10.7. The average Bonchev–Trinajstić information content (AvgIpc) is 2.82. The molecule has 0 aliphatic carbocycles. The summed E-state index contributed by atoms with van der Waals surface area (Å²) in [6.45, 7) is 5.05. The van der Waals surface area contributed by atoms with E-state index in [4.69, 9.17) is 15.2 Å². The highest BCUT2D eigenvalue weighted by atomic mass is 35.5. The molecule has 0 spiro atoms. The largest absolute Gasteiger partial charge is 0.497 e. The summed E-state index contributed by atoms with van der Waals surface area (Å²) in [5.74, 6) is 1.61. The van der Waals surface area contributed by atoms with Crippen LogP contribution in [-0.4, -0.2) is 30.9 Å². The average molecular weight is 508 g/mol. The smallest absolute Gasteiger partial charge is 0.120 e. The van der Waals surface area contributed by atoms with E-state index in [1.54, 1.807) is 7.11 Å². The third kappa shape index (κ3) is 8.82. The minimum Gasteiger partial charge on any atom is -0.497 e. The number of benzene rings is 3. The number of ether oxygens (including phenoxy) is 2. The summed E-state index contributed by atoms with van der Waals surface area (Å²) < 4.78 is 11.2. The van der Waals surface area contributed by atoms with Crippen LogP contribution < -0.4 is 20.5 Å². The molecule has 0 aliphatic heterocycles. The lowest BCUT2D eigenvalue weighted by Gasteiger charge is -2.30. The van der Waals surface area contributed by atoms with Crippen molar-refractivity contribution in [3.05, 3.63) is 95.6 Å². The van der Waals surface area contributed by atoms with Gasteiger partial charge in [0.05, 0.1) is 13.2 Å². The summed E-state index contributed by atoms with van der Waals surface area (Å²) in [7, 11) is 1.66. The quantitative estimate of drug-likeness (QED) is 0.345. The van der Waals surface area contributed by atoms with Crippen LogP contribution in [-0.2, 0) is 18.6 Å². The highest BCUT2D eigenvalue weighted by molar-refractivity contribution is 5.85. The highest BCUT2D eigenvalue weighted by Crippen LogP contribution is 2.24. The summed E-state index contributed by atoms with van der Waals surface area (Å²) in [5.41, 5.74) is 9.23. The van der Waals surface area contributed by atoms with Gasteiger partial charge in [-0.25, -0.2) is 0 Å². The van der Waals surface area contributed by atoms with E-state index in [0.29, 0.717) is 19.6 Å². The topological polar surface area (TPSA) is 76.7 Å². The molecule has 34 heavy (non-hydrogen) atoms. The fourth-order valence-electron chi connectivity index (χ4n) is 3.54. The Kier molecular flexibility index (Phi) is 12.4. The molecular formula is C27H36Cl2N2O3. The first-order chi connectivity index (χ1) is 15.4. The Labute approximate surface area is 215 Å². The molecule has 0 aliphatic rings. The van der Waals surface area contributed by atoms with Gasteiger partial charge >= 0.3 is 0 Å². The van der Waals surface area contributed by atoms with Crippen LogP contribution in [0.4, 0.5) is 0 Å². The molecule has 0 saturated carbocycles. The van der Waals surface area contributed by atoms with Crippen LogP contribution in [0.2, 0.25) is 0 Å². The standard InChI is InChI=1S/C27H34N2O3.2ClH/c1-27(2,22-12-8-13-23(17-22)31-3)29-18-26(30)25(28)16-21-11-7-14-24(15-21)32-19-20-9-5-4-6-10-20;;/h4-15,17,25-26,29-30H,16,18-19,28H2,1-3H3;2*1H/t25-,26+;;/m0../s1. The fraction of sp³-hybridized carbons (Fsp3) is 0.333. The molecule has 0 heterocycles. The van der Waals surface area contributed by atoms with E-state index in [-0.39, 0.29) is 30.4 Å². The number of halogens is 2. The number of nitrogens with one attached hydrogen (secondary N) is 1. The lowest BCUT2D eigenvalue weighted by Crippen LogP contribution is -2.48. The third-order valence-electron chi connectivity index (χ3n) is 5.66. The predicted molar refractivity (Wildman–Crippen MR) is 143 cm³/mol. The molecule has 7 heteroatoms. The van der Waals surface area contributed by atoms with Crippen molar-refractivity contribution in [3.8, 4) is 11.5 Å². The Morgan fingerprint density at radius 1 is 0.882 bits per heavy atom. The lowest BCUT2D eigenvalue weighted by molar-refractivity contribution is 0.131. The summed E-state index contributed by atoms with van der Waals surface area (Å²) in [5, 5.41) is 14.1. The van der Waals surface area contributed by atoms with Gasteiger partial charge in [0, 0.05) is 18.1 Å². The summed E-state index contributed by atoms with van der Waals surface area (Å²) in [6.07, 6.45) is -0.126. The number of nitrogens with two attached hydrogens (primary N) is 1. The zero-order valence-electron chi connectivity index (χ0n) is 19.9. The van der Waals surface area contributed by atoms with Crippen molar-refractivity contribution in [2.24, 2.45) is 5.73 Å². The predicted octanol–water partition coefficient (Wildman–Crippen LogP) is 4.87. The number of hydrogen-bond acceptors (Lipinski definition) is 5. The lowest BCUT2D eigenvalue weighted by atomic mass is 9.93. The number of hydrogen-bond donors (Lipinski definition) is 3. The van der Waals surface area contributed by atoms with Gasteiger partial charge in [-0.2, -0.15) is 0 Å². The Morgan fingerprint density at radius 2 is 1.53 bits per heavy atom. The fourth-order valence-corrected chi connectivity index (χ4v) is 3.54. The zero-order valence-corrected chi connectivity index (χ0v) is 21.6. The van der Waals surface area contributed by atoms with Crippen LogP contribution >= 0.6 is 24.8 Å². The van der Waals surface area contributed by atoms with Crippen LogP contribution in [0, 0.1) is 0 Å². The van der Waals surface area contributed by atoms with Crippen molar-refractivity contribution < 1.29 is 14.6 Å². The van der Waals surface area contributed by atoms with Gasteiger partial charge in [-0.1, -0.05) is 54.6 Å². The molecule has 0 amide bonds. The number of aliphatic hydroxyl groups is 1. The molecule has 0 unspecified atom stereocenters. The van der Waals surface area contributed by atoms with E-state index in [0.717, 1.165) is 28.2 Å². The van der Waals surface area contributed by atoms with Crippen molar-refractivity contribution in [2.45, 2.75) is 44.6 Å². The number of rotatable bonds is 11. The van der Waals surface area contributed by atoms with Gasteiger partial charge in [-0.15, -0.1) is 24.8 Å². The van der Waals surface area contributed by atoms with Crippen LogP contribution in [0.25, 0.3) is 0 Å². The van der Waals surface area contributed by atoms with Gasteiger partial charge in [0.15, 0.2) is 0 Å². The Hall–Kier alpha value is -2.28. The van der Waals surface area contributed by atoms with E-state index in [1.807, 2.05) is 78.9 Å². The van der Waals surface area contributed by atoms with Crippen molar-refractivity contribution in [1.82, 2.24) is 5.32 Å². The first kappa shape index (κ1) is 29.8. The zero-order chi connectivity index (χ0) is 23.0. The normalized spacial score (nSPS) is 12.6. The van der Waals surface area contributed by atoms with E-state index < -0.39 is 12.1 Å². The molecule has 0 aromatic heterocycles. The summed E-state index contributed by atoms with van der Waals surface area (Å²) in [6, 6.07) is 25.5. The molecule has 0 radical (unpaired) electrons. The van der Waals surface area contributed by atoms with E-state index >= 15 is 0 Å². The Bertz CT molecular complexity index is 986. The van der Waals surface area contributed by atoms with Gasteiger partial charge in [0.2, 0.25) is 0 Å². The van der Waals surface area contributed by atoms with Crippen molar-refractivity contribution in [1.29, 1.82) is 0 Å². The second kappa shape index (κ2) is 14.2. The maximum atomic E-state index is 10.7. The second-order valence-corrected chi connectivity index (χ2v) is 8.59. The Morgan fingerprint density at radius 3 is 2.24 bits per heavy atom. The third-order valence-corrected chi connectivity index (χ3v) is 5.66. The number of methoxy groups -OCH3 is 1. The van der Waals surface area contributed by atoms with Crippen LogP contribution in [0.1, 0.15) is 30.5 Å². The first-order valence-corrected chi connectivity index (χ1v) is 11.0. The molecule has 186 valence electrons. The highest BCUT2D eigenvalue weighted by Gasteiger charge is 2.23. The SMILES string of the molecule is COc1cccc(C(C)(C)NC[C@@H](O)[C@@H](N)Cc2cccc(OCc3ccccc3)c2)c1.Cl.Cl. The molecule has 4 N–H and O–H groups in total. The monoisotopic (exact) mass is 506 g/mol. The maximum Gasteiger partial charge on any atom is 0.120 e. The number of aliphatic hydroxyl groups excluding tert-OH is 1. The minimum absolute atomic E-state index is 0. The van der Waals surface area contributed by atoms with E-state index in [9.17, 15) is 5.11 Å². The van der Waals surface area contributed by atoms with Gasteiger partial charge in [-0.3, -0.25) is 0 Å². The van der Waals surface area contributed by atoms with Crippen LogP contribution in [0.5, 0.6) is 11.5 Å². The molecule has 0 fully saturated rings. The molecule has 5 nitrogen and oxygen atoms in total. The van der Waals surface area contributed by atoms with E-state index in [1.165, 1.54) is 0 Å². The molecule has 3 aromatic carbocycles. The second-order valence-electron chi connectivity index (χ2n) is 8.59. The van der Waals surface area contributed by atoms with Crippen molar-refractivity contribution in [2.75, 3.05) is 13.7 Å². The first-order valence-electron chi connectivity index (χ1n) is 11.0. The molecule has 2 atom stereocenters. The molecule has 3 aromatic rings. The van der Waals surface area contributed by atoms with Crippen molar-refractivity contribution >= 4 is 24.8 Å². The molecular weight excluding hydrogens is 471 g/mol. The summed E-state index contributed by atoms with van der Waals surface area (Å²) in [4.78, 5) is 0. The van der Waals surface area contributed by atoms with Gasteiger partial charge < -0.3 is 25.6 Å². The van der Waals surface area contributed by atoms with Gasteiger partial charge in [-0.05, 0) is 61.2 Å². The molecule has 3 rings (SSSR count). The van der Waals surface area contributed by atoms with E-state index in [2.05, 4.69) is 19.2 Å². The van der Waals surface area contributed by atoms with Crippen molar-refractivity contribution in [3.63, 3.8) is 0 Å². The van der Waals surface area contributed by atoms with Gasteiger partial charge in [0.25, 0.3) is 0 Å².